The van der Waals surface area contributed by atoms with Crippen molar-refractivity contribution in [2.45, 2.75) is 58.4 Å². The van der Waals surface area contributed by atoms with Gasteiger partial charge in [0.05, 0.1) is 0 Å². The molecule has 0 spiro atoms. The largest absolute Gasteiger partial charge is 0.354 e. The summed E-state index contributed by atoms with van der Waals surface area (Å²) in [5, 5.41) is 3.00. The van der Waals surface area contributed by atoms with E-state index in [1.165, 1.54) is 5.56 Å². The smallest absolute Gasteiger partial charge is 0.230 e. The first kappa shape index (κ1) is 17.0. The van der Waals surface area contributed by atoms with Gasteiger partial charge in [-0.2, -0.15) is 0 Å². The number of anilines is 1. The van der Waals surface area contributed by atoms with E-state index in [1.807, 2.05) is 30.9 Å². The van der Waals surface area contributed by atoms with Gasteiger partial charge in [-0.1, -0.05) is 18.2 Å². The Morgan fingerprint density at radius 2 is 1.75 bits per heavy atom. The molecule has 1 aromatic rings. The summed E-state index contributed by atoms with van der Waals surface area (Å²) in [6, 6.07) is 8.43. The second-order valence-electron chi connectivity index (χ2n) is 7.43. The van der Waals surface area contributed by atoms with Crippen LogP contribution in [-0.2, 0) is 16.0 Å². The number of benzene rings is 1. The van der Waals surface area contributed by atoms with Crippen LogP contribution in [0.25, 0.3) is 0 Å². The zero-order chi connectivity index (χ0) is 17.1. The molecule has 2 aliphatic rings. The molecular weight excluding hydrogens is 300 g/mol. The maximum absolute atomic E-state index is 13.0. The number of amides is 2. The van der Waals surface area contributed by atoms with Crippen molar-refractivity contribution in [2.75, 3.05) is 11.4 Å². The Balaban J connectivity index is 1.61. The highest BCUT2D eigenvalue weighted by atomic mass is 16.2. The molecule has 24 heavy (non-hydrogen) atoms. The lowest BCUT2D eigenvalue weighted by atomic mass is 9.80. The molecule has 0 radical (unpaired) electrons. The molecule has 1 heterocycles. The quantitative estimate of drug-likeness (QED) is 0.925. The molecule has 4 nitrogen and oxygen atoms in total. The van der Waals surface area contributed by atoms with Gasteiger partial charge in [-0.3, -0.25) is 9.59 Å². The molecule has 1 aromatic carbocycles. The van der Waals surface area contributed by atoms with E-state index in [4.69, 9.17) is 0 Å². The van der Waals surface area contributed by atoms with Gasteiger partial charge in [0.15, 0.2) is 0 Å². The summed E-state index contributed by atoms with van der Waals surface area (Å²) in [6.45, 7) is 4.80. The first-order valence-electron chi connectivity index (χ1n) is 9.26. The van der Waals surface area contributed by atoms with Crippen LogP contribution in [0.4, 0.5) is 5.69 Å². The molecule has 1 saturated carbocycles. The minimum Gasteiger partial charge on any atom is -0.354 e. The van der Waals surface area contributed by atoms with Crippen LogP contribution in [0.15, 0.2) is 24.3 Å². The molecule has 0 atom stereocenters. The van der Waals surface area contributed by atoms with Crippen LogP contribution in [0.1, 0.15) is 51.5 Å². The summed E-state index contributed by atoms with van der Waals surface area (Å²) in [6.07, 6.45) is 5.40. The molecule has 0 saturated heterocycles. The fourth-order valence-corrected chi connectivity index (χ4v) is 3.99. The summed E-state index contributed by atoms with van der Waals surface area (Å²) in [5.74, 6) is 0.549. The van der Waals surface area contributed by atoms with Gasteiger partial charge in [0, 0.05) is 30.1 Å². The third-order valence-electron chi connectivity index (χ3n) is 5.25. The SMILES string of the molecule is CC(C)NC(=O)C1CCC(C(=O)N2CCCc3ccccc32)CC1. The lowest BCUT2D eigenvalue weighted by Crippen LogP contribution is -2.42. The molecule has 1 fully saturated rings. The lowest BCUT2D eigenvalue weighted by molar-refractivity contribution is -0.129. The van der Waals surface area contributed by atoms with E-state index in [-0.39, 0.29) is 29.7 Å². The minimum atomic E-state index is 0.0688. The first-order chi connectivity index (χ1) is 11.6. The zero-order valence-electron chi connectivity index (χ0n) is 14.8. The van der Waals surface area contributed by atoms with Crippen LogP contribution in [0, 0.1) is 11.8 Å². The highest BCUT2D eigenvalue weighted by Crippen LogP contribution is 2.34. The number of carbonyl (C=O) groups is 2. The minimum absolute atomic E-state index is 0.0688. The Kier molecular flexibility index (Phi) is 5.22. The molecule has 130 valence electrons. The van der Waals surface area contributed by atoms with Gasteiger partial charge in [0.25, 0.3) is 0 Å². The van der Waals surface area contributed by atoms with Crippen molar-refractivity contribution in [2.24, 2.45) is 11.8 Å². The monoisotopic (exact) mass is 328 g/mol. The molecule has 0 aromatic heterocycles. The topological polar surface area (TPSA) is 49.4 Å². The first-order valence-corrected chi connectivity index (χ1v) is 9.26. The molecule has 3 rings (SSSR count). The second kappa shape index (κ2) is 7.37. The predicted octanol–water partition coefficient (Wildman–Crippen LogP) is 3.30. The number of hydrogen-bond donors (Lipinski definition) is 1. The third kappa shape index (κ3) is 3.63. The van der Waals surface area contributed by atoms with E-state index in [1.54, 1.807) is 0 Å². The zero-order valence-corrected chi connectivity index (χ0v) is 14.8. The summed E-state index contributed by atoms with van der Waals surface area (Å²) >= 11 is 0. The van der Waals surface area contributed by atoms with E-state index in [0.29, 0.717) is 0 Å². The molecule has 1 aliphatic heterocycles. The van der Waals surface area contributed by atoms with Crippen molar-refractivity contribution in [3.63, 3.8) is 0 Å². The number of nitrogens with one attached hydrogen (secondary N) is 1. The van der Waals surface area contributed by atoms with Crippen LogP contribution in [0.5, 0.6) is 0 Å². The van der Waals surface area contributed by atoms with Gasteiger partial charge < -0.3 is 10.2 Å². The van der Waals surface area contributed by atoms with Gasteiger partial charge >= 0.3 is 0 Å². The molecule has 4 heteroatoms. The number of nitrogens with zero attached hydrogens (tertiary/aromatic N) is 1. The van der Waals surface area contributed by atoms with Crippen LogP contribution in [-0.4, -0.2) is 24.4 Å². The average Bonchev–Trinajstić information content (AvgIpc) is 2.60. The van der Waals surface area contributed by atoms with Gasteiger partial charge in [-0.25, -0.2) is 0 Å². The Bertz CT molecular complexity index is 603. The van der Waals surface area contributed by atoms with Crippen molar-refractivity contribution in [3.05, 3.63) is 29.8 Å². The molecule has 1 N–H and O–H groups in total. The third-order valence-corrected chi connectivity index (χ3v) is 5.25. The standard InChI is InChI=1S/C20H28N2O2/c1-14(2)21-19(23)16-9-11-17(12-10-16)20(24)22-13-5-7-15-6-3-4-8-18(15)22/h3-4,6,8,14,16-17H,5,7,9-13H2,1-2H3,(H,21,23). The van der Waals surface area contributed by atoms with E-state index in [9.17, 15) is 9.59 Å². The average molecular weight is 328 g/mol. The second-order valence-corrected chi connectivity index (χ2v) is 7.43. The van der Waals surface area contributed by atoms with E-state index < -0.39 is 0 Å². The number of para-hydroxylation sites is 1. The Morgan fingerprint density at radius 3 is 2.46 bits per heavy atom. The van der Waals surface area contributed by atoms with Gasteiger partial charge in [-0.15, -0.1) is 0 Å². The van der Waals surface area contributed by atoms with Crippen molar-refractivity contribution in [1.82, 2.24) is 5.32 Å². The summed E-state index contributed by atoms with van der Waals surface area (Å²) in [4.78, 5) is 27.1. The molecule has 0 bridgehead atoms. The van der Waals surface area contributed by atoms with E-state index in [2.05, 4.69) is 17.4 Å². The maximum Gasteiger partial charge on any atom is 0.230 e. The van der Waals surface area contributed by atoms with Crippen LogP contribution in [0.3, 0.4) is 0 Å². The molecule has 0 unspecified atom stereocenters. The Morgan fingerprint density at radius 1 is 1.08 bits per heavy atom. The number of rotatable bonds is 3. The van der Waals surface area contributed by atoms with Crippen molar-refractivity contribution < 1.29 is 9.59 Å². The van der Waals surface area contributed by atoms with Crippen molar-refractivity contribution in [1.29, 1.82) is 0 Å². The molecule has 2 amide bonds. The van der Waals surface area contributed by atoms with Crippen molar-refractivity contribution in [3.8, 4) is 0 Å². The predicted molar refractivity (Wildman–Crippen MR) is 95.8 cm³/mol. The highest BCUT2D eigenvalue weighted by Gasteiger charge is 2.33. The molecule has 1 aliphatic carbocycles. The van der Waals surface area contributed by atoms with Crippen LogP contribution in [0.2, 0.25) is 0 Å². The lowest BCUT2D eigenvalue weighted by Gasteiger charge is -2.35. The normalized spacial score (nSPS) is 23.7. The number of aryl methyl sites for hydroxylation is 1. The van der Waals surface area contributed by atoms with Gasteiger partial charge in [-0.05, 0) is 64.0 Å². The summed E-state index contributed by atoms with van der Waals surface area (Å²) < 4.78 is 0. The van der Waals surface area contributed by atoms with Gasteiger partial charge in [0.1, 0.15) is 0 Å². The Hall–Kier alpha value is -1.84. The number of carbonyl (C=O) groups excluding carboxylic acids is 2. The van der Waals surface area contributed by atoms with Crippen LogP contribution < -0.4 is 10.2 Å². The number of fused-ring (bicyclic) bond motifs is 1. The number of hydrogen-bond acceptors (Lipinski definition) is 2. The molecular formula is C20H28N2O2. The summed E-state index contributed by atoms with van der Waals surface area (Å²) in [7, 11) is 0. The maximum atomic E-state index is 13.0. The van der Waals surface area contributed by atoms with Crippen molar-refractivity contribution >= 4 is 17.5 Å². The van der Waals surface area contributed by atoms with E-state index in [0.717, 1.165) is 50.8 Å². The summed E-state index contributed by atoms with van der Waals surface area (Å²) in [5.41, 5.74) is 2.37. The fourth-order valence-electron chi connectivity index (χ4n) is 3.99. The van der Waals surface area contributed by atoms with Gasteiger partial charge in [0.2, 0.25) is 11.8 Å². The Labute approximate surface area is 144 Å². The van der Waals surface area contributed by atoms with Crippen LogP contribution >= 0.6 is 0 Å². The highest BCUT2D eigenvalue weighted by molar-refractivity contribution is 5.96. The van der Waals surface area contributed by atoms with E-state index >= 15 is 0 Å². The fraction of sp³-hybridized carbons (Fsp3) is 0.600.